The Hall–Kier alpha value is 0.290. The molecule has 0 aromatic heterocycles. The molecule has 0 spiro atoms. The van der Waals surface area contributed by atoms with Gasteiger partial charge in [-0.1, -0.05) is 42.4 Å². The average Bonchev–Trinajstić information content (AvgIpc) is 1.67. The van der Waals surface area contributed by atoms with E-state index >= 15 is 0 Å². The van der Waals surface area contributed by atoms with Gasteiger partial charge in [0.15, 0.2) is 0 Å². The fraction of sp³-hybridized carbons (Fsp3) is 0.714. The fourth-order valence-corrected chi connectivity index (χ4v) is 0.522. The van der Waals surface area contributed by atoms with E-state index in [0.717, 1.165) is 0 Å². The molecule has 0 nitrogen and oxygen atoms in total. The van der Waals surface area contributed by atoms with Crippen LogP contribution in [0.5, 0.6) is 0 Å². The number of rotatable bonds is 1. The predicted octanol–water partition coefficient (Wildman–Crippen LogP) is 2.47. The summed E-state index contributed by atoms with van der Waals surface area (Å²) in [4.78, 5) is 0. The Labute approximate surface area is 65.2 Å². The zero-order chi connectivity index (χ0) is 6.57. The standard InChI is InChI=1S/C7H11I/c1-4-5-6(2)7(3)8/h6-7H,1-3H3. The quantitative estimate of drug-likeness (QED) is 0.363. The highest BCUT2D eigenvalue weighted by atomic mass is 127. The lowest BCUT2D eigenvalue weighted by atomic mass is 10.1. The molecule has 0 heterocycles. The van der Waals surface area contributed by atoms with Crippen molar-refractivity contribution < 1.29 is 0 Å². The Morgan fingerprint density at radius 3 is 2.00 bits per heavy atom. The molecule has 0 bridgehead atoms. The van der Waals surface area contributed by atoms with E-state index in [1.165, 1.54) is 0 Å². The third kappa shape index (κ3) is 3.31. The molecule has 2 unspecified atom stereocenters. The van der Waals surface area contributed by atoms with Crippen molar-refractivity contribution in [2.75, 3.05) is 0 Å². The predicted molar refractivity (Wildman–Crippen MR) is 46.1 cm³/mol. The Kier molecular flexibility index (Phi) is 4.35. The van der Waals surface area contributed by atoms with Crippen LogP contribution in [0.3, 0.4) is 0 Å². The summed E-state index contributed by atoms with van der Waals surface area (Å²) in [6.45, 7) is 6.21. The SMILES string of the molecule is CC#CC(C)C(C)I. The van der Waals surface area contributed by atoms with Gasteiger partial charge >= 0.3 is 0 Å². The summed E-state index contributed by atoms with van der Waals surface area (Å²) in [7, 11) is 0. The van der Waals surface area contributed by atoms with Crippen LogP contribution in [-0.2, 0) is 0 Å². The Bertz CT molecular complexity index is 105. The lowest BCUT2D eigenvalue weighted by Crippen LogP contribution is -2.01. The summed E-state index contributed by atoms with van der Waals surface area (Å²) in [5.41, 5.74) is 0. The second-order valence-electron chi connectivity index (χ2n) is 1.86. The maximum atomic E-state index is 3.09. The second-order valence-corrected chi connectivity index (χ2v) is 3.83. The molecular formula is C7H11I. The highest BCUT2D eigenvalue weighted by molar-refractivity contribution is 14.1. The van der Waals surface area contributed by atoms with Crippen LogP contribution in [0.15, 0.2) is 0 Å². The van der Waals surface area contributed by atoms with E-state index in [1.54, 1.807) is 0 Å². The zero-order valence-corrected chi connectivity index (χ0v) is 7.69. The van der Waals surface area contributed by atoms with Crippen LogP contribution in [0.4, 0.5) is 0 Å². The number of hydrogen-bond acceptors (Lipinski definition) is 0. The molecular weight excluding hydrogens is 211 g/mol. The third-order valence-corrected chi connectivity index (χ3v) is 2.14. The molecule has 0 saturated carbocycles. The van der Waals surface area contributed by atoms with Gasteiger partial charge in [0.05, 0.1) is 0 Å². The Morgan fingerprint density at radius 1 is 1.38 bits per heavy atom. The fourth-order valence-electron chi connectivity index (χ4n) is 0.343. The number of halogens is 1. The van der Waals surface area contributed by atoms with Crippen LogP contribution in [-0.4, -0.2) is 3.92 Å². The third-order valence-electron chi connectivity index (χ3n) is 1.06. The molecule has 0 aliphatic heterocycles. The minimum absolute atomic E-state index is 0.542. The van der Waals surface area contributed by atoms with E-state index in [0.29, 0.717) is 9.84 Å². The van der Waals surface area contributed by atoms with Crippen LogP contribution >= 0.6 is 22.6 Å². The average molecular weight is 222 g/mol. The van der Waals surface area contributed by atoms with Gasteiger partial charge in [-0.2, -0.15) is 0 Å². The van der Waals surface area contributed by atoms with Gasteiger partial charge in [-0.15, -0.1) is 5.92 Å². The molecule has 0 N–H and O–H groups in total. The van der Waals surface area contributed by atoms with Gasteiger partial charge < -0.3 is 0 Å². The van der Waals surface area contributed by atoms with Crippen molar-refractivity contribution in [1.29, 1.82) is 0 Å². The molecule has 0 aromatic rings. The van der Waals surface area contributed by atoms with Gasteiger partial charge in [-0.05, 0) is 6.92 Å². The van der Waals surface area contributed by atoms with Crippen LogP contribution < -0.4 is 0 Å². The van der Waals surface area contributed by atoms with Crippen LogP contribution in [0, 0.1) is 17.8 Å². The van der Waals surface area contributed by atoms with Crippen molar-refractivity contribution in [1.82, 2.24) is 0 Å². The monoisotopic (exact) mass is 222 g/mol. The highest BCUT2D eigenvalue weighted by Gasteiger charge is 2.01. The number of alkyl halides is 1. The smallest absolute Gasteiger partial charge is 0.0289 e. The lowest BCUT2D eigenvalue weighted by molar-refractivity contribution is 0.765. The molecule has 0 rings (SSSR count). The first kappa shape index (κ1) is 8.29. The van der Waals surface area contributed by atoms with E-state index in [4.69, 9.17) is 0 Å². The zero-order valence-electron chi connectivity index (χ0n) is 5.53. The molecule has 0 saturated heterocycles. The van der Waals surface area contributed by atoms with Gasteiger partial charge in [0, 0.05) is 9.84 Å². The largest absolute Gasteiger partial charge is 0.106 e. The van der Waals surface area contributed by atoms with Gasteiger partial charge in [0.1, 0.15) is 0 Å². The maximum absolute atomic E-state index is 3.09. The molecule has 0 fully saturated rings. The second kappa shape index (κ2) is 4.20. The Balaban J connectivity index is 3.58. The topological polar surface area (TPSA) is 0 Å². The molecule has 0 aromatic carbocycles. The van der Waals surface area contributed by atoms with Gasteiger partial charge in [-0.3, -0.25) is 0 Å². The minimum atomic E-state index is 0.542. The number of hydrogen-bond donors (Lipinski definition) is 0. The van der Waals surface area contributed by atoms with Gasteiger partial charge in [0.2, 0.25) is 0 Å². The van der Waals surface area contributed by atoms with Crippen molar-refractivity contribution in [3.63, 3.8) is 0 Å². The summed E-state index contributed by atoms with van der Waals surface area (Å²) in [5.74, 6) is 6.52. The van der Waals surface area contributed by atoms with Crippen LogP contribution in [0.1, 0.15) is 20.8 Å². The van der Waals surface area contributed by atoms with Gasteiger partial charge in [-0.25, -0.2) is 0 Å². The van der Waals surface area contributed by atoms with E-state index in [9.17, 15) is 0 Å². The summed E-state index contributed by atoms with van der Waals surface area (Å²) in [6, 6.07) is 0. The molecule has 2 atom stereocenters. The summed E-state index contributed by atoms with van der Waals surface area (Å²) in [6.07, 6.45) is 0. The normalized spacial score (nSPS) is 16.0. The summed E-state index contributed by atoms with van der Waals surface area (Å²) < 4.78 is 0.667. The van der Waals surface area contributed by atoms with Gasteiger partial charge in [0.25, 0.3) is 0 Å². The van der Waals surface area contributed by atoms with Crippen molar-refractivity contribution in [3.05, 3.63) is 0 Å². The van der Waals surface area contributed by atoms with Crippen molar-refractivity contribution in [2.45, 2.75) is 24.7 Å². The van der Waals surface area contributed by atoms with E-state index in [2.05, 4.69) is 48.3 Å². The molecule has 8 heavy (non-hydrogen) atoms. The molecule has 0 aliphatic carbocycles. The van der Waals surface area contributed by atoms with Crippen molar-refractivity contribution >= 4 is 22.6 Å². The first-order chi connectivity index (χ1) is 3.68. The Morgan fingerprint density at radius 2 is 1.88 bits per heavy atom. The minimum Gasteiger partial charge on any atom is -0.106 e. The lowest BCUT2D eigenvalue weighted by Gasteiger charge is -2.03. The summed E-state index contributed by atoms with van der Waals surface area (Å²) >= 11 is 2.39. The van der Waals surface area contributed by atoms with Crippen molar-refractivity contribution in [3.8, 4) is 11.8 Å². The first-order valence-corrected chi connectivity index (χ1v) is 3.99. The maximum Gasteiger partial charge on any atom is 0.0289 e. The van der Waals surface area contributed by atoms with E-state index in [-0.39, 0.29) is 0 Å². The molecule has 0 amide bonds. The van der Waals surface area contributed by atoms with Crippen LogP contribution in [0.2, 0.25) is 0 Å². The molecule has 1 heteroatoms. The van der Waals surface area contributed by atoms with E-state index in [1.807, 2.05) is 6.92 Å². The highest BCUT2D eigenvalue weighted by Crippen LogP contribution is 2.10. The molecule has 0 aliphatic rings. The molecule has 46 valence electrons. The first-order valence-electron chi connectivity index (χ1n) is 2.74. The van der Waals surface area contributed by atoms with Crippen LogP contribution in [0.25, 0.3) is 0 Å². The van der Waals surface area contributed by atoms with E-state index < -0.39 is 0 Å². The summed E-state index contributed by atoms with van der Waals surface area (Å²) in [5, 5.41) is 0. The molecule has 0 radical (unpaired) electrons. The van der Waals surface area contributed by atoms with Crippen molar-refractivity contribution in [2.24, 2.45) is 5.92 Å².